The lowest BCUT2D eigenvalue weighted by Crippen LogP contribution is -2.35. The average Bonchev–Trinajstić information content (AvgIpc) is 3.34. The number of hydrogen-bond donors (Lipinski definition) is 2. The summed E-state index contributed by atoms with van der Waals surface area (Å²) in [6.45, 7) is 0.228. The molecular weight excluding hydrogens is 335 g/mol. The molecule has 1 saturated carbocycles. The van der Waals surface area contributed by atoms with Gasteiger partial charge < -0.3 is 15.1 Å². The molecule has 1 atom stereocenters. The van der Waals surface area contributed by atoms with Crippen LogP contribution in [-0.4, -0.2) is 18.4 Å². The lowest BCUT2D eigenvalue weighted by Gasteiger charge is -2.25. The molecule has 1 aromatic carbocycles. The second-order valence-corrected chi connectivity index (χ2v) is 6.62. The highest BCUT2D eigenvalue weighted by molar-refractivity contribution is 5.91. The Morgan fingerprint density at radius 3 is 2.54 bits per heavy atom. The van der Waals surface area contributed by atoms with Gasteiger partial charge in [0.05, 0.1) is 12.3 Å². The molecule has 1 aliphatic rings. The summed E-state index contributed by atoms with van der Waals surface area (Å²) in [7, 11) is 0. The smallest absolute Gasteiger partial charge is 0.286 e. The van der Waals surface area contributed by atoms with Crippen molar-refractivity contribution in [2.24, 2.45) is 5.92 Å². The first-order valence-electron chi connectivity index (χ1n) is 9.00. The van der Waals surface area contributed by atoms with Crippen LogP contribution in [0.3, 0.4) is 0 Å². The minimum absolute atomic E-state index is 0.119. The van der Waals surface area contributed by atoms with Crippen molar-refractivity contribution in [2.45, 2.75) is 38.1 Å². The number of amides is 2. The largest absolute Gasteiger partial charge is 0.459 e. The highest BCUT2D eigenvalue weighted by Crippen LogP contribution is 2.35. The van der Waals surface area contributed by atoms with Crippen molar-refractivity contribution < 1.29 is 18.4 Å². The van der Waals surface area contributed by atoms with Crippen LogP contribution in [0.4, 0.5) is 4.39 Å². The summed E-state index contributed by atoms with van der Waals surface area (Å²) in [5, 5.41) is 5.73. The number of carbonyl (C=O) groups excluding carboxylic acids is 2. The molecule has 3 rings (SSSR count). The number of halogens is 1. The Labute approximate surface area is 152 Å². The Morgan fingerprint density at radius 1 is 1.15 bits per heavy atom. The van der Waals surface area contributed by atoms with Crippen molar-refractivity contribution in [2.75, 3.05) is 6.54 Å². The highest BCUT2D eigenvalue weighted by atomic mass is 19.1. The third-order valence-corrected chi connectivity index (χ3v) is 4.80. The van der Waals surface area contributed by atoms with Crippen molar-refractivity contribution in [3.63, 3.8) is 0 Å². The van der Waals surface area contributed by atoms with E-state index >= 15 is 0 Å². The fourth-order valence-electron chi connectivity index (χ4n) is 3.46. The zero-order valence-electron chi connectivity index (χ0n) is 14.5. The van der Waals surface area contributed by atoms with Crippen LogP contribution in [0.1, 0.15) is 54.3 Å². The van der Waals surface area contributed by atoms with Crippen LogP contribution in [0, 0.1) is 11.7 Å². The monoisotopic (exact) mass is 358 g/mol. The number of hydrogen-bond acceptors (Lipinski definition) is 3. The zero-order valence-corrected chi connectivity index (χ0v) is 14.5. The van der Waals surface area contributed by atoms with Crippen LogP contribution in [0.25, 0.3) is 0 Å². The fraction of sp³-hybridized carbons (Fsp3) is 0.400. The Bertz CT molecular complexity index is 722. The van der Waals surface area contributed by atoms with Gasteiger partial charge in [-0.15, -0.1) is 0 Å². The van der Waals surface area contributed by atoms with Crippen molar-refractivity contribution in [3.8, 4) is 0 Å². The van der Waals surface area contributed by atoms with E-state index in [1.165, 1.54) is 18.4 Å². The maximum Gasteiger partial charge on any atom is 0.286 e. The Morgan fingerprint density at radius 2 is 1.88 bits per heavy atom. The molecule has 0 radical (unpaired) electrons. The summed E-state index contributed by atoms with van der Waals surface area (Å²) in [4.78, 5) is 24.2. The van der Waals surface area contributed by atoms with Gasteiger partial charge in [-0.1, -0.05) is 25.0 Å². The Kier molecular flexibility index (Phi) is 6.04. The van der Waals surface area contributed by atoms with Crippen LogP contribution in [0.2, 0.25) is 0 Å². The topological polar surface area (TPSA) is 71.3 Å². The number of carbonyl (C=O) groups is 2. The van der Waals surface area contributed by atoms with Crippen molar-refractivity contribution in [1.29, 1.82) is 0 Å². The molecule has 1 heterocycles. The van der Waals surface area contributed by atoms with Crippen molar-refractivity contribution in [3.05, 3.63) is 59.8 Å². The molecule has 0 aliphatic heterocycles. The maximum atomic E-state index is 13.2. The summed E-state index contributed by atoms with van der Waals surface area (Å²) in [5.74, 6) is -0.173. The van der Waals surface area contributed by atoms with E-state index in [4.69, 9.17) is 4.42 Å². The van der Waals surface area contributed by atoms with E-state index in [0.717, 1.165) is 31.2 Å². The molecule has 0 saturated heterocycles. The molecule has 1 aromatic heterocycles. The molecule has 0 bridgehead atoms. The van der Waals surface area contributed by atoms with Crippen LogP contribution < -0.4 is 10.6 Å². The fourth-order valence-corrected chi connectivity index (χ4v) is 3.46. The van der Waals surface area contributed by atoms with Gasteiger partial charge in [0.25, 0.3) is 5.91 Å². The lowest BCUT2D eigenvalue weighted by atomic mass is 9.91. The third kappa shape index (κ3) is 4.71. The molecule has 2 aromatic rings. The molecule has 26 heavy (non-hydrogen) atoms. The normalized spacial score (nSPS) is 15.6. The van der Waals surface area contributed by atoms with Crippen molar-refractivity contribution in [1.82, 2.24) is 10.6 Å². The van der Waals surface area contributed by atoms with E-state index < -0.39 is 0 Å². The molecule has 2 amide bonds. The van der Waals surface area contributed by atoms with E-state index in [1.807, 2.05) is 0 Å². The molecule has 138 valence electrons. The minimum atomic E-state index is -0.339. The number of rotatable bonds is 7. The zero-order chi connectivity index (χ0) is 18.4. The van der Waals surface area contributed by atoms with Gasteiger partial charge in [0.1, 0.15) is 5.82 Å². The third-order valence-electron chi connectivity index (χ3n) is 4.80. The molecule has 1 unspecified atom stereocenters. The molecular formula is C20H23FN2O3. The standard InChI is InChI=1S/C20H23FN2O3/c21-16-9-7-15(8-10-16)19(14-4-1-2-5-14)23-18(24)11-12-22-20(25)17-6-3-13-26-17/h3,6-10,13-14,19H,1-2,4-5,11-12H2,(H,22,25)(H,23,24). The van der Waals surface area contributed by atoms with E-state index in [0.29, 0.717) is 5.92 Å². The molecule has 5 nitrogen and oxygen atoms in total. The van der Waals surface area contributed by atoms with Gasteiger partial charge in [-0.2, -0.15) is 0 Å². The first-order chi connectivity index (χ1) is 12.6. The number of furan rings is 1. The summed E-state index contributed by atoms with van der Waals surface area (Å²) < 4.78 is 18.2. The Balaban J connectivity index is 1.55. The quantitative estimate of drug-likeness (QED) is 0.795. The molecule has 1 fully saturated rings. The SMILES string of the molecule is O=C(CCNC(=O)c1ccco1)NC(c1ccc(F)cc1)C1CCCC1. The molecule has 0 spiro atoms. The Hall–Kier alpha value is -2.63. The van der Waals surface area contributed by atoms with Gasteiger partial charge in [-0.05, 0) is 48.6 Å². The van der Waals surface area contributed by atoms with E-state index in [9.17, 15) is 14.0 Å². The first kappa shape index (κ1) is 18.2. The van der Waals surface area contributed by atoms with Gasteiger partial charge in [-0.3, -0.25) is 9.59 Å². The predicted molar refractivity (Wildman–Crippen MR) is 94.9 cm³/mol. The second kappa shape index (κ2) is 8.65. The first-order valence-corrected chi connectivity index (χ1v) is 9.00. The number of benzene rings is 1. The summed E-state index contributed by atoms with van der Waals surface area (Å²) >= 11 is 0. The van der Waals surface area contributed by atoms with Gasteiger partial charge in [0, 0.05) is 13.0 Å². The van der Waals surface area contributed by atoms with Crippen molar-refractivity contribution >= 4 is 11.8 Å². The van der Waals surface area contributed by atoms with Gasteiger partial charge in [-0.25, -0.2) is 4.39 Å². The van der Waals surface area contributed by atoms with Gasteiger partial charge in [0.15, 0.2) is 5.76 Å². The predicted octanol–water partition coefficient (Wildman–Crippen LogP) is 3.59. The van der Waals surface area contributed by atoms with E-state index in [2.05, 4.69) is 10.6 Å². The summed E-state index contributed by atoms with van der Waals surface area (Å²) in [6, 6.07) is 9.40. The van der Waals surface area contributed by atoms with E-state index in [1.54, 1.807) is 24.3 Å². The second-order valence-electron chi connectivity index (χ2n) is 6.62. The van der Waals surface area contributed by atoms with Crippen LogP contribution in [0.15, 0.2) is 47.1 Å². The van der Waals surface area contributed by atoms with E-state index in [-0.39, 0.29) is 42.4 Å². The van der Waals surface area contributed by atoms with Crippen LogP contribution >= 0.6 is 0 Å². The highest BCUT2D eigenvalue weighted by Gasteiger charge is 2.27. The van der Waals surface area contributed by atoms with Gasteiger partial charge in [0.2, 0.25) is 5.91 Å². The van der Waals surface area contributed by atoms with Crippen LogP contribution in [0.5, 0.6) is 0 Å². The lowest BCUT2D eigenvalue weighted by molar-refractivity contribution is -0.122. The molecule has 1 aliphatic carbocycles. The van der Waals surface area contributed by atoms with Crippen LogP contribution in [-0.2, 0) is 4.79 Å². The minimum Gasteiger partial charge on any atom is -0.459 e. The van der Waals surface area contributed by atoms with Gasteiger partial charge >= 0.3 is 0 Å². The summed E-state index contributed by atoms with van der Waals surface area (Å²) in [5.41, 5.74) is 0.922. The summed E-state index contributed by atoms with van der Waals surface area (Å²) in [6.07, 6.45) is 6.01. The average molecular weight is 358 g/mol. The number of nitrogens with one attached hydrogen (secondary N) is 2. The molecule has 2 N–H and O–H groups in total. The maximum absolute atomic E-state index is 13.2. The molecule has 6 heteroatoms.